The van der Waals surface area contributed by atoms with Crippen molar-refractivity contribution in [1.82, 2.24) is 20.3 Å². The fraction of sp³-hybridized carbons (Fsp3) is 0.333. The number of hydrogen-bond acceptors (Lipinski definition) is 5. The van der Waals surface area contributed by atoms with E-state index in [1.54, 1.807) is 0 Å². The molecule has 8 nitrogen and oxygen atoms in total. The van der Waals surface area contributed by atoms with E-state index in [9.17, 15) is 14.7 Å². The number of H-pyrrole nitrogens is 3. The Bertz CT molecular complexity index is 1840. The number of carbonyl (C=O) groups is 2. The first-order chi connectivity index (χ1) is 19.6. The van der Waals surface area contributed by atoms with Crippen LogP contribution < -0.4 is 16.0 Å². The Kier molecular flexibility index (Phi) is 6.34. The molecule has 5 N–H and O–H groups in total. The summed E-state index contributed by atoms with van der Waals surface area (Å²) in [5.74, 6) is -2.45. The molecule has 212 valence electrons. The summed E-state index contributed by atoms with van der Waals surface area (Å²) < 4.78 is 5.12. The number of rotatable bonds is 4. The maximum Gasteiger partial charge on any atom is 0.321 e. The van der Waals surface area contributed by atoms with E-state index >= 15 is 0 Å². The number of ketones is 1. The molecule has 8 bridgehead atoms. The van der Waals surface area contributed by atoms with Crippen LogP contribution in [0.25, 0.3) is 29.9 Å². The van der Waals surface area contributed by atoms with Gasteiger partial charge in [0.05, 0.1) is 19.4 Å². The Hall–Kier alpha value is -4.30. The van der Waals surface area contributed by atoms with E-state index in [4.69, 9.17) is 4.74 Å². The summed E-state index contributed by atoms with van der Waals surface area (Å²) in [7, 11) is 1.30. The lowest BCUT2D eigenvalue weighted by Crippen LogP contribution is -2.25. The first-order valence-corrected chi connectivity index (χ1v) is 14.1. The third kappa shape index (κ3) is 3.77. The molecular formula is C33H36N4O4. The summed E-state index contributed by atoms with van der Waals surface area (Å²) in [6.45, 7) is 14.2. The molecule has 3 aromatic heterocycles. The number of aliphatic hydroxyl groups is 1. The van der Waals surface area contributed by atoms with E-state index in [1.165, 1.54) is 12.7 Å². The third-order valence-electron chi connectivity index (χ3n) is 9.28. The summed E-state index contributed by atoms with van der Waals surface area (Å²) in [4.78, 5) is 37.6. The largest absolute Gasteiger partial charge is 0.468 e. The number of hydrogen-bond donors (Lipinski definition) is 5. The van der Waals surface area contributed by atoms with Gasteiger partial charge in [0.15, 0.2) is 5.78 Å². The van der Waals surface area contributed by atoms with E-state index in [2.05, 4.69) is 59.8 Å². The SMILES string of the molecule is C=Cc1c2[nH]c(c1C)/C=C1\N/C(=C3\c4[nH]c(c(C)c4C(=O)[C@@H]3C(=O)OC)/C=c3\[nH]/c(c(C)c3CC)=C\2)[C@@H](CO)[C@@H]1C. The van der Waals surface area contributed by atoms with Gasteiger partial charge in [0.1, 0.15) is 5.92 Å². The number of allylic oxidation sites excluding steroid dienone is 1. The van der Waals surface area contributed by atoms with Crippen LogP contribution in [0.15, 0.2) is 18.0 Å². The normalized spacial score (nSPS) is 25.6. The second-order valence-corrected chi connectivity index (χ2v) is 11.3. The molecule has 1 saturated heterocycles. The molecule has 0 spiro atoms. The van der Waals surface area contributed by atoms with E-state index in [0.29, 0.717) is 22.5 Å². The Labute approximate surface area is 238 Å². The van der Waals surface area contributed by atoms with Crippen molar-refractivity contribution in [3.63, 3.8) is 0 Å². The number of ether oxygens (including phenoxy) is 1. The highest BCUT2D eigenvalue weighted by Gasteiger charge is 2.48. The van der Waals surface area contributed by atoms with E-state index in [1.807, 2.05) is 26.0 Å². The standard InChI is InChI=1S/C33H36N4O4/c1-8-18-14(3)21-10-23-16(5)20(13-38)30(36-23)28-29(33(40)41-7)32(39)27-17(6)24(37-31(27)28)12-26-19(9-2)15(4)22(35-26)11-25(18)34-21/h8,10-12,16,20,29,34-38H,1,9,13H2,2-7H3/b22-11-,23-10-,26-12-,30-28-/t16-,20-,29+/m0/s1. The van der Waals surface area contributed by atoms with Gasteiger partial charge in [-0.25, -0.2) is 0 Å². The predicted octanol–water partition coefficient (Wildman–Crippen LogP) is 3.36. The van der Waals surface area contributed by atoms with Crippen molar-refractivity contribution in [3.8, 4) is 0 Å². The number of nitrogens with one attached hydrogen (secondary N) is 4. The molecule has 3 atom stereocenters. The van der Waals surface area contributed by atoms with Crippen LogP contribution in [0, 0.1) is 38.5 Å². The molecule has 1 fully saturated rings. The Balaban J connectivity index is 1.76. The minimum Gasteiger partial charge on any atom is -0.468 e. The van der Waals surface area contributed by atoms with Crippen molar-refractivity contribution >= 4 is 41.6 Å². The molecule has 0 unspecified atom stereocenters. The number of esters is 1. The lowest BCUT2D eigenvalue weighted by molar-refractivity contribution is -0.141. The van der Waals surface area contributed by atoms with Gasteiger partial charge in [0.25, 0.3) is 0 Å². The molecule has 0 saturated carbocycles. The van der Waals surface area contributed by atoms with Crippen LogP contribution in [0.2, 0.25) is 0 Å². The number of carbonyl (C=O) groups excluding carboxylic acids is 2. The average Bonchev–Trinajstić information content (AvgIpc) is 3.69. The van der Waals surface area contributed by atoms with Crippen molar-refractivity contribution in [2.75, 3.05) is 13.7 Å². The molecule has 0 amide bonds. The molecule has 5 heterocycles. The van der Waals surface area contributed by atoms with Crippen LogP contribution in [0.3, 0.4) is 0 Å². The fourth-order valence-corrected chi connectivity index (χ4v) is 6.85. The molecule has 3 aliphatic rings. The number of aromatic amines is 3. The zero-order valence-electron chi connectivity index (χ0n) is 24.3. The van der Waals surface area contributed by atoms with Crippen molar-refractivity contribution in [2.24, 2.45) is 17.8 Å². The summed E-state index contributed by atoms with van der Waals surface area (Å²) in [5, 5.41) is 16.1. The molecule has 2 aliphatic heterocycles. The lowest BCUT2D eigenvalue weighted by Gasteiger charge is -2.17. The molecule has 1 aliphatic carbocycles. The minimum atomic E-state index is -1.11. The summed E-state index contributed by atoms with van der Waals surface area (Å²) in [5.41, 5.74) is 11.1. The van der Waals surface area contributed by atoms with Crippen molar-refractivity contribution in [3.05, 3.63) is 84.8 Å². The highest BCUT2D eigenvalue weighted by molar-refractivity contribution is 6.24. The molecular weight excluding hydrogens is 516 g/mol. The van der Waals surface area contributed by atoms with Gasteiger partial charge in [-0.15, -0.1) is 0 Å². The van der Waals surface area contributed by atoms with Crippen LogP contribution in [-0.4, -0.2) is 45.5 Å². The monoisotopic (exact) mass is 552 g/mol. The topological polar surface area (TPSA) is 123 Å². The Morgan fingerprint density at radius 3 is 2.39 bits per heavy atom. The van der Waals surface area contributed by atoms with Crippen LogP contribution in [-0.2, 0) is 16.0 Å². The van der Waals surface area contributed by atoms with Crippen LogP contribution >= 0.6 is 0 Å². The van der Waals surface area contributed by atoms with Crippen molar-refractivity contribution in [1.29, 1.82) is 0 Å². The van der Waals surface area contributed by atoms with E-state index in [-0.39, 0.29) is 24.2 Å². The smallest absolute Gasteiger partial charge is 0.321 e. The van der Waals surface area contributed by atoms with Crippen molar-refractivity contribution < 1.29 is 19.4 Å². The van der Waals surface area contributed by atoms with Gasteiger partial charge in [-0.05, 0) is 67.7 Å². The van der Waals surface area contributed by atoms with E-state index < -0.39 is 11.9 Å². The zero-order chi connectivity index (χ0) is 29.3. The van der Waals surface area contributed by atoms with Crippen LogP contribution in [0.5, 0.6) is 0 Å². The van der Waals surface area contributed by atoms with Gasteiger partial charge in [0, 0.05) is 67.7 Å². The first-order valence-electron chi connectivity index (χ1n) is 14.1. The summed E-state index contributed by atoms with van der Waals surface area (Å²) in [6, 6.07) is 0. The minimum absolute atomic E-state index is 0.0973. The predicted molar refractivity (Wildman–Crippen MR) is 160 cm³/mol. The maximum atomic E-state index is 13.9. The van der Waals surface area contributed by atoms with Crippen molar-refractivity contribution in [2.45, 2.75) is 41.0 Å². The van der Waals surface area contributed by atoms with Crippen LogP contribution in [0.4, 0.5) is 0 Å². The quantitative estimate of drug-likeness (QED) is 0.251. The number of methoxy groups -OCH3 is 1. The van der Waals surface area contributed by atoms with Gasteiger partial charge >= 0.3 is 5.97 Å². The lowest BCUT2D eigenvalue weighted by atomic mass is 9.88. The third-order valence-corrected chi connectivity index (χ3v) is 9.28. The average molecular weight is 553 g/mol. The number of aromatic nitrogens is 3. The highest BCUT2D eigenvalue weighted by atomic mass is 16.5. The van der Waals surface area contributed by atoms with Gasteiger partial charge in [-0.1, -0.05) is 26.5 Å². The van der Waals surface area contributed by atoms with Gasteiger partial charge < -0.3 is 30.1 Å². The number of fused-ring (bicyclic) bond motifs is 7. The molecule has 0 aromatic carbocycles. The molecule has 0 radical (unpaired) electrons. The summed E-state index contributed by atoms with van der Waals surface area (Å²) in [6.07, 6.45) is 8.92. The van der Waals surface area contributed by atoms with Crippen LogP contribution in [0.1, 0.15) is 74.8 Å². The number of Topliss-reactive ketones (excluding diaryl/α,β-unsaturated/α-hetero) is 1. The maximum absolute atomic E-state index is 13.9. The summed E-state index contributed by atoms with van der Waals surface area (Å²) >= 11 is 0. The molecule has 3 aromatic rings. The first kappa shape index (κ1) is 26.9. The Morgan fingerprint density at radius 2 is 1.73 bits per heavy atom. The van der Waals surface area contributed by atoms with Gasteiger partial charge in [0.2, 0.25) is 0 Å². The zero-order valence-corrected chi connectivity index (χ0v) is 24.3. The fourth-order valence-electron chi connectivity index (χ4n) is 6.85. The molecule has 8 heteroatoms. The highest BCUT2D eigenvalue weighted by Crippen LogP contribution is 2.47. The molecule has 6 rings (SSSR count). The van der Waals surface area contributed by atoms with Gasteiger partial charge in [-0.3, -0.25) is 9.59 Å². The second-order valence-electron chi connectivity index (χ2n) is 11.3. The van der Waals surface area contributed by atoms with E-state index in [0.717, 1.165) is 62.2 Å². The number of aliphatic hydroxyl groups excluding tert-OH is 1. The second kappa shape index (κ2) is 9.66. The molecule has 41 heavy (non-hydrogen) atoms. The Morgan fingerprint density at radius 1 is 1.02 bits per heavy atom. The van der Waals surface area contributed by atoms with Gasteiger partial charge in [-0.2, -0.15) is 0 Å².